The summed E-state index contributed by atoms with van der Waals surface area (Å²) in [5.74, 6) is 1.92. The zero-order valence-corrected chi connectivity index (χ0v) is 23.3. The van der Waals surface area contributed by atoms with E-state index in [1.54, 1.807) is 0 Å². The molecule has 0 unspecified atom stereocenters. The molecule has 0 N–H and O–H groups in total. The first-order chi connectivity index (χ1) is 13.3. The number of unbranched alkanes of at least 4 members (excludes halogenated alkanes) is 15. The van der Waals surface area contributed by atoms with Crippen LogP contribution in [0, 0.1) is 0 Å². The van der Waals surface area contributed by atoms with Crippen molar-refractivity contribution in [1.29, 1.82) is 0 Å². The van der Waals surface area contributed by atoms with E-state index in [0.717, 1.165) is 0 Å². The topological polar surface area (TPSA) is 3.24 Å². The Balaban J connectivity index is -0.000000755. The maximum atomic E-state index is 2.79. The van der Waals surface area contributed by atoms with Crippen LogP contribution in [0.15, 0.2) is 0 Å². The van der Waals surface area contributed by atoms with Crippen LogP contribution < -0.4 is 24.8 Å². The first kappa shape index (κ1) is 37.4. The second-order valence-electron chi connectivity index (χ2n) is 8.14. The molecular formula is C25H54AlCl2N. The molecular weight excluding hydrogens is 412 g/mol. The van der Waals surface area contributed by atoms with E-state index in [4.69, 9.17) is 0 Å². The van der Waals surface area contributed by atoms with Crippen molar-refractivity contribution < 1.29 is 24.8 Å². The summed E-state index contributed by atoms with van der Waals surface area (Å²) in [6.07, 6.45) is 25.7. The molecule has 0 spiro atoms. The first-order valence-corrected chi connectivity index (χ1v) is 13.8. The number of hydrogen-bond donors (Lipinski definition) is 0. The van der Waals surface area contributed by atoms with E-state index in [1.807, 2.05) is 5.79 Å². The Morgan fingerprint density at radius 2 is 0.586 bits per heavy atom. The molecule has 0 saturated carbocycles. The van der Waals surface area contributed by atoms with Crippen molar-refractivity contribution in [3.05, 3.63) is 0 Å². The van der Waals surface area contributed by atoms with Crippen LogP contribution in [0.5, 0.6) is 0 Å². The molecule has 29 heavy (non-hydrogen) atoms. The molecule has 0 fully saturated rings. The minimum atomic E-state index is 0. The fourth-order valence-electron chi connectivity index (χ4n) is 3.68. The van der Waals surface area contributed by atoms with Crippen molar-refractivity contribution in [3.8, 4) is 0 Å². The summed E-state index contributed by atoms with van der Waals surface area (Å²) in [6, 6.07) is 0. The van der Waals surface area contributed by atoms with Gasteiger partial charge in [0, 0.05) is 0 Å². The summed E-state index contributed by atoms with van der Waals surface area (Å²) >= 11 is 2.42. The van der Waals surface area contributed by atoms with Crippen LogP contribution in [0.3, 0.4) is 0 Å². The van der Waals surface area contributed by atoms with E-state index < -0.39 is 0 Å². The minimum Gasteiger partial charge on any atom is -1.00 e. The summed E-state index contributed by atoms with van der Waals surface area (Å²) < 4.78 is 0. The van der Waals surface area contributed by atoms with Crippen LogP contribution in [0.4, 0.5) is 0 Å². The largest absolute Gasteiger partial charge is 1.00 e. The van der Waals surface area contributed by atoms with Crippen LogP contribution in [-0.4, -0.2) is 40.8 Å². The second-order valence-corrected chi connectivity index (χ2v) is 8.14. The van der Waals surface area contributed by atoms with Crippen molar-refractivity contribution in [2.45, 2.75) is 142 Å². The average molecular weight is 467 g/mol. The molecule has 0 rings (SSSR count). The molecule has 0 radical (unpaired) electrons. The van der Waals surface area contributed by atoms with Gasteiger partial charge in [0.05, 0.1) is 0 Å². The molecule has 0 amide bonds. The van der Waals surface area contributed by atoms with E-state index in [-0.39, 0.29) is 24.8 Å². The third kappa shape index (κ3) is 33.9. The van der Waals surface area contributed by atoms with Crippen LogP contribution in [0.1, 0.15) is 136 Å². The zero-order chi connectivity index (χ0) is 20.4. The molecule has 0 bridgehead atoms. The van der Waals surface area contributed by atoms with E-state index in [1.165, 1.54) is 135 Å². The second kappa shape index (κ2) is 36.4. The molecule has 4 heteroatoms. The number of hydrogen-bond acceptors (Lipinski definition) is 1. The maximum Gasteiger partial charge on any atom is -1.00 e. The third-order valence-electron chi connectivity index (χ3n) is 5.48. The Labute approximate surface area is 207 Å². The van der Waals surface area contributed by atoms with Crippen LogP contribution in [0.2, 0.25) is 5.79 Å². The van der Waals surface area contributed by atoms with Gasteiger partial charge >= 0.3 is 22.1 Å². The fraction of sp³-hybridized carbons (Fsp3) is 1.00. The Morgan fingerprint density at radius 3 is 0.828 bits per heavy atom. The number of halogens is 2. The standard InChI is InChI=1S/C24H51N.CH3.Al.2ClH/c1-4-7-10-13-16-19-22-25(23-20-17-14-11-8-5-2)24-21-18-15-12-9-6-3;;;;/h4-24H2,1-3H3;1H3;;2*1H/q;;+2;;/p-2. The molecule has 0 aliphatic heterocycles. The molecule has 1 nitrogen and oxygen atoms in total. The van der Waals surface area contributed by atoms with Gasteiger partial charge in [-0.2, -0.15) is 0 Å². The maximum absolute atomic E-state index is 2.79. The van der Waals surface area contributed by atoms with E-state index in [2.05, 4.69) is 42.0 Å². The molecule has 0 aliphatic carbocycles. The zero-order valence-electron chi connectivity index (χ0n) is 20.6. The molecule has 0 aromatic carbocycles. The van der Waals surface area contributed by atoms with Gasteiger partial charge in [0.2, 0.25) is 0 Å². The van der Waals surface area contributed by atoms with E-state index in [9.17, 15) is 0 Å². The summed E-state index contributed by atoms with van der Waals surface area (Å²) in [4.78, 5) is 2.79. The first-order valence-electron chi connectivity index (χ1n) is 12.6. The van der Waals surface area contributed by atoms with Gasteiger partial charge in [-0.05, 0) is 38.9 Å². The summed E-state index contributed by atoms with van der Waals surface area (Å²) in [5, 5.41) is 0. The Bertz CT molecular complexity index is 205. The van der Waals surface area contributed by atoms with Crippen LogP contribution in [-0.2, 0) is 0 Å². The minimum absolute atomic E-state index is 0. The van der Waals surface area contributed by atoms with E-state index in [0.29, 0.717) is 0 Å². The molecule has 0 atom stereocenters. The number of nitrogens with zero attached hydrogens (tertiary/aromatic N) is 1. The van der Waals surface area contributed by atoms with Gasteiger partial charge in [0.15, 0.2) is 0 Å². The molecule has 0 aromatic rings. The van der Waals surface area contributed by atoms with Crippen molar-refractivity contribution in [3.63, 3.8) is 0 Å². The van der Waals surface area contributed by atoms with Crippen LogP contribution >= 0.6 is 0 Å². The van der Waals surface area contributed by atoms with Gasteiger partial charge in [0.25, 0.3) is 0 Å². The van der Waals surface area contributed by atoms with Crippen molar-refractivity contribution in [2.75, 3.05) is 19.6 Å². The summed E-state index contributed by atoms with van der Waals surface area (Å²) in [7, 11) is 0. The normalized spacial score (nSPS) is 10.2. The Hall–Kier alpha value is 1.07. The van der Waals surface area contributed by atoms with Crippen molar-refractivity contribution >= 4 is 16.3 Å². The summed E-state index contributed by atoms with van der Waals surface area (Å²) in [6.45, 7) is 11.0. The Morgan fingerprint density at radius 1 is 0.379 bits per heavy atom. The quantitative estimate of drug-likeness (QED) is 0.186. The molecule has 0 heterocycles. The van der Waals surface area contributed by atoms with Gasteiger partial charge in [-0.25, -0.2) is 0 Å². The fourth-order valence-corrected chi connectivity index (χ4v) is 3.68. The number of rotatable bonds is 21. The van der Waals surface area contributed by atoms with Crippen molar-refractivity contribution in [1.82, 2.24) is 4.90 Å². The molecule has 0 aliphatic rings. The predicted octanol–water partition coefficient (Wildman–Crippen LogP) is 2.58. The monoisotopic (exact) mass is 465 g/mol. The van der Waals surface area contributed by atoms with Gasteiger partial charge in [0.1, 0.15) is 0 Å². The van der Waals surface area contributed by atoms with Gasteiger partial charge < -0.3 is 29.7 Å². The molecule has 176 valence electrons. The Kier molecular flexibility index (Phi) is 47.0. The SMILES string of the molecule is CCCCCCCCN(CCCCCCCC)CCCCCCCC.[CH3][Al+2].[Cl-].[Cl-]. The van der Waals surface area contributed by atoms with E-state index >= 15 is 0 Å². The van der Waals surface area contributed by atoms with Gasteiger partial charge in [-0.3, -0.25) is 0 Å². The van der Waals surface area contributed by atoms with Crippen LogP contribution in [0.25, 0.3) is 0 Å². The molecule has 0 saturated heterocycles. The average Bonchev–Trinajstić information content (AvgIpc) is 2.70. The molecule has 0 aromatic heterocycles. The van der Waals surface area contributed by atoms with Gasteiger partial charge in [-0.1, -0.05) is 117 Å². The van der Waals surface area contributed by atoms with Gasteiger partial charge in [-0.15, -0.1) is 0 Å². The third-order valence-corrected chi connectivity index (χ3v) is 5.48. The van der Waals surface area contributed by atoms with Crippen molar-refractivity contribution in [2.24, 2.45) is 0 Å². The summed E-state index contributed by atoms with van der Waals surface area (Å²) in [5.41, 5.74) is 0. The smallest absolute Gasteiger partial charge is 1.00 e. The predicted molar refractivity (Wildman–Crippen MR) is 128 cm³/mol.